The smallest absolute Gasteiger partial charge is 0.159 e. The number of aryl methyl sites for hydroxylation is 1. The highest BCUT2D eigenvalue weighted by atomic mass is 79.9. The molecule has 2 heterocycles. The van der Waals surface area contributed by atoms with Crippen LogP contribution in [0.25, 0.3) is 11.2 Å². The monoisotopic (exact) mass is 211 g/mol. The molecule has 0 aromatic carbocycles. The van der Waals surface area contributed by atoms with Crippen molar-refractivity contribution in [3.63, 3.8) is 0 Å². The largest absolute Gasteiger partial charge is 0.334 e. The van der Waals surface area contributed by atoms with Crippen LogP contribution in [0.2, 0.25) is 0 Å². The van der Waals surface area contributed by atoms with Crippen LogP contribution in [0.15, 0.2) is 23.1 Å². The predicted octanol–water partition coefficient (Wildman–Crippen LogP) is 1.73. The fraction of sp³-hybridized carbons (Fsp3) is 0.143. The molecule has 0 atom stereocenters. The normalized spacial score (nSPS) is 10.7. The van der Waals surface area contributed by atoms with Crippen LogP contribution < -0.4 is 0 Å². The van der Waals surface area contributed by atoms with Gasteiger partial charge in [-0.3, -0.25) is 4.98 Å². The average Bonchev–Trinajstić information content (AvgIpc) is 2.33. The van der Waals surface area contributed by atoms with Gasteiger partial charge in [0.15, 0.2) is 5.65 Å². The van der Waals surface area contributed by atoms with Crippen molar-refractivity contribution in [2.45, 2.75) is 0 Å². The molecule has 11 heavy (non-hydrogen) atoms. The lowest BCUT2D eigenvalue weighted by atomic mass is 10.5. The first-order valence-electron chi connectivity index (χ1n) is 3.21. The van der Waals surface area contributed by atoms with Gasteiger partial charge in [0.25, 0.3) is 0 Å². The number of halogens is 1. The molecule has 3 nitrogen and oxygen atoms in total. The maximum atomic E-state index is 4.25. The van der Waals surface area contributed by atoms with Gasteiger partial charge >= 0.3 is 0 Å². The van der Waals surface area contributed by atoms with E-state index in [2.05, 4.69) is 25.9 Å². The van der Waals surface area contributed by atoms with E-state index in [0.29, 0.717) is 0 Å². The summed E-state index contributed by atoms with van der Waals surface area (Å²) < 4.78 is 2.71. The highest BCUT2D eigenvalue weighted by Gasteiger charge is 1.99. The lowest BCUT2D eigenvalue weighted by Crippen LogP contribution is -1.88. The zero-order valence-corrected chi connectivity index (χ0v) is 7.54. The molecule has 0 aliphatic carbocycles. The third-order valence-electron chi connectivity index (χ3n) is 1.54. The Morgan fingerprint density at radius 1 is 1.55 bits per heavy atom. The van der Waals surface area contributed by atoms with E-state index in [0.717, 1.165) is 15.8 Å². The van der Waals surface area contributed by atoms with E-state index < -0.39 is 0 Å². The topological polar surface area (TPSA) is 30.7 Å². The number of fused-ring (bicyclic) bond motifs is 1. The maximum absolute atomic E-state index is 4.25. The molecule has 0 amide bonds. The molecule has 2 aromatic heterocycles. The molecule has 0 aliphatic rings. The third kappa shape index (κ3) is 1.03. The molecule has 0 saturated carbocycles. The Bertz CT molecular complexity index is 393. The number of hydrogen-bond donors (Lipinski definition) is 0. The second kappa shape index (κ2) is 2.30. The van der Waals surface area contributed by atoms with Crippen LogP contribution in [-0.4, -0.2) is 14.5 Å². The Kier molecular flexibility index (Phi) is 1.42. The number of hydrogen-bond acceptors (Lipinski definition) is 2. The lowest BCUT2D eigenvalue weighted by molar-refractivity contribution is 0.943. The lowest BCUT2D eigenvalue weighted by Gasteiger charge is -1.93. The Morgan fingerprint density at radius 3 is 3.18 bits per heavy atom. The summed E-state index contributed by atoms with van der Waals surface area (Å²) >= 11 is 3.26. The van der Waals surface area contributed by atoms with Gasteiger partial charge in [-0.25, -0.2) is 4.98 Å². The van der Waals surface area contributed by atoms with E-state index in [9.17, 15) is 0 Å². The summed E-state index contributed by atoms with van der Waals surface area (Å²) in [5.41, 5.74) is 1.83. The van der Waals surface area contributed by atoms with Crippen molar-refractivity contribution in [2.24, 2.45) is 7.05 Å². The zero-order valence-electron chi connectivity index (χ0n) is 5.95. The average molecular weight is 212 g/mol. The van der Waals surface area contributed by atoms with Gasteiger partial charge in [0, 0.05) is 13.2 Å². The van der Waals surface area contributed by atoms with Crippen LogP contribution in [-0.2, 0) is 7.05 Å². The van der Waals surface area contributed by atoms with Crippen LogP contribution >= 0.6 is 15.9 Å². The number of aromatic nitrogens is 3. The first kappa shape index (κ1) is 6.79. The summed E-state index contributed by atoms with van der Waals surface area (Å²) in [7, 11) is 1.95. The SMILES string of the molecule is Cn1ccc2ncc(Br)nc21. The molecule has 0 bridgehead atoms. The molecule has 4 heteroatoms. The minimum atomic E-state index is 0.770. The fourth-order valence-electron chi connectivity index (χ4n) is 0.998. The van der Waals surface area contributed by atoms with Gasteiger partial charge in [0.05, 0.1) is 6.20 Å². The quantitative estimate of drug-likeness (QED) is 0.665. The summed E-state index contributed by atoms with van der Waals surface area (Å²) in [6, 6.07) is 1.94. The van der Waals surface area contributed by atoms with E-state index in [1.54, 1.807) is 6.20 Å². The van der Waals surface area contributed by atoms with Gasteiger partial charge in [0.2, 0.25) is 0 Å². The Hall–Kier alpha value is -0.900. The molecule has 0 N–H and O–H groups in total. The zero-order chi connectivity index (χ0) is 7.84. The van der Waals surface area contributed by atoms with E-state index in [1.807, 2.05) is 23.9 Å². The Morgan fingerprint density at radius 2 is 2.36 bits per heavy atom. The van der Waals surface area contributed by atoms with E-state index in [1.165, 1.54) is 0 Å². The highest BCUT2D eigenvalue weighted by molar-refractivity contribution is 9.10. The summed E-state index contributed by atoms with van der Waals surface area (Å²) in [6.07, 6.45) is 3.64. The van der Waals surface area contributed by atoms with Gasteiger partial charge < -0.3 is 4.57 Å². The van der Waals surface area contributed by atoms with E-state index in [-0.39, 0.29) is 0 Å². The van der Waals surface area contributed by atoms with Crippen LogP contribution in [0.3, 0.4) is 0 Å². The summed E-state index contributed by atoms with van der Waals surface area (Å²) in [4.78, 5) is 8.42. The standard InChI is InChI=1S/C7H6BrN3/c1-11-3-2-5-7(11)10-6(8)4-9-5/h2-4H,1H3. The highest BCUT2D eigenvalue weighted by Crippen LogP contribution is 2.12. The molecule has 0 saturated heterocycles. The molecular weight excluding hydrogens is 206 g/mol. The molecule has 56 valence electrons. The Balaban J connectivity index is 2.87. The summed E-state index contributed by atoms with van der Waals surface area (Å²) in [5.74, 6) is 0. The third-order valence-corrected chi connectivity index (χ3v) is 1.92. The number of nitrogens with zero attached hydrogens (tertiary/aromatic N) is 3. The van der Waals surface area contributed by atoms with E-state index >= 15 is 0 Å². The Labute approximate surface area is 72.2 Å². The van der Waals surface area contributed by atoms with Gasteiger partial charge in [-0.2, -0.15) is 0 Å². The molecule has 2 aromatic rings. The van der Waals surface area contributed by atoms with Gasteiger partial charge in [-0.15, -0.1) is 0 Å². The minimum Gasteiger partial charge on any atom is -0.334 e. The summed E-state index contributed by atoms with van der Waals surface area (Å²) in [5, 5.41) is 0. The van der Waals surface area contributed by atoms with Crippen molar-refractivity contribution in [1.82, 2.24) is 14.5 Å². The van der Waals surface area contributed by atoms with E-state index in [4.69, 9.17) is 0 Å². The van der Waals surface area contributed by atoms with Crippen LogP contribution in [0.5, 0.6) is 0 Å². The first-order valence-corrected chi connectivity index (χ1v) is 4.00. The number of rotatable bonds is 0. The van der Waals surface area contributed by atoms with Crippen LogP contribution in [0.1, 0.15) is 0 Å². The van der Waals surface area contributed by atoms with Crippen LogP contribution in [0.4, 0.5) is 0 Å². The molecule has 0 spiro atoms. The van der Waals surface area contributed by atoms with Gasteiger partial charge in [0.1, 0.15) is 10.1 Å². The summed E-state index contributed by atoms with van der Waals surface area (Å²) in [6.45, 7) is 0. The fourth-order valence-corrected chi connectivity index (χ4v) is 1.27. The minimum absolute atomic E-state index is 0.770. The second-order valence-electron chi connectivity index (χ2n) is 2.33. The molecule has 2 rings (SSSR count). The van der Waals surface area contributed by atoms with Gasteiger partial charge in [-0.05, 0) is 22.0 Å². The van der Waals surface area contributed by atoms with Crippen molar-refractivity contribution in [3.05, 3.63) is 23.1 Å². The molecular formula is C7H6BrN3. The maximum Gasteiger partial charge on any atom is 0.159 e. The molecule has 0 unspecified atom stereocenters. The van der Waals surface area contributed by atoms with Gasteiger partial charge in [-0.1, -0.05) is 0 Å². The van der Waals surface area contributed by atoms with Crippen molar-refractivity contribution in [1.29, 1.82) is 0 Å². The first-order chi connectivity index (χ1) is 5.27. The van der Waals surface area contributed by atoms with Crippen LogP contribution in [0, 0.1) is 0 Å². The van der Waals surface area contributed by atoms with Crippen molar-refractivity contribution in [3.8, 4) is 0 Å². The van der Waals surface area contributed by atoms with Crippen molar-refractivity contribution in [2.75, 3.05) is 0 Å². The molecule has 0 radical (unpaired) electrons. The molecule has 0 aliphatic heterocycles. The second-order valence-corrected chi connectivity index (χ2v) is 3.14. The molecule has 0 fully saturated rings. The van der Waals surface area contributed by atoms with Crippen molar-refractivity contribution >= 4 is 27.1 Å². The predicted molar refractivity (Wildman–Crippen MR) is 46.2 cm³/mol. The van der Waals surface area contributed by atoms with Crippen molar-refractivity contribution < 1.29 is 0 Å².